The second kappa shape index (κ2) is 11.7. The van der Waals surface area contributed by atoms with Crippen LogP contribution in [0.25, 0.3) is 0 Å². The molecule has 2 N–H and O–H groups in total. The van der Waals surface area contributed by atoms with Gasteiger partial charge in [0.15, 0.2) is 5.17 Å². The van der Waals surface area contributed by atoms with Crippen LogP contribution in [0, 0.1) is 12.8 Å². The Hall–Kier alpha value is -1.87. The number of amides is 2. The maximum atomic E-state index is 13.4. The molecule has 9 heteroatoms. The molecule has 1 aliphatic carbocycles. The van der Waals surface area contributed by atoms with Crippen molar-refractivity contribution < 1.29 is 19.4 Å². The Bertz CT molecular complexity index is 913. The van der Waals surface area contributed by atoms with Gasteiger partial charge in [0.05, 0.1) is 18.2 Å². The van der Waals surface area contributed by atoms with Gasteiger partial charge < -0.3 is 14.7 Å². The fraction of sp³-hybridized carbons (Fsp3) is 0.640. The van der Waals surface area contributed by atoms with E-state index in [1.165, 1.54) is 29.1 Å². The number of nitrogens with zero attached hydrogens (tertiary/aromatic N) is 2. The van der Waals surface area contributed by atoms with E-state index in [2.05, 4.69) is 29.4 Å². The average Bonchev–Trinajstić information content (AvgIpc) is 3.21. The van der Waals surface area contributed by atoms with Crippen LogP contribution in [0.2, 0.25) is 0 Å². The van der Waals surface area contributed by atoms with E-state index in [9.17, 15) is 14.7 Å². The van der Waals surface area contributed by atoms with Crippen LogP contribution in [0.5, 0.6) is 5.75 Å². The fourth-order valence-corrected chi connectivity index (χ4v) is 7.17. The van der Waals surface area contributed by atoms with E-state index in [0.717, 1.165) is 43.4 Å². The first-order valence-corrected chi connectivity index (χ1v) is 13.7. The van der Waals surface area contributed by atoms with Crippen LogP contribution in [0.3, 0.4) is 0 Å². The lowest BCUT2D eigenvalue weighted by Crippen LogP contribution is -2.49. The number of urea groups is 1. The van der Waals surface area contributed by atoms with Crippen LogP contribution in [-0.4, -0.2) is 62.7 Å². The summed E-state index contributed by atoms with van der Waals surface area (Å²) in [6, 6.07) is 6.28. The Labute approximate surface area is 211 Å². The number of aliphatic carboxylic acids is 1. The molecule has 34 heavy (non-hydrogen) atoms. The third kappa shape index (κ3) is 7.07. The van der Waals surface area contributed by atoms with Crippen molar-refractivity contribution in [2.24, 2.45) is 10.9 Å². The summed E-state index contributed by atoms with van der Waals surface area (Å²) in [5.41, 5.74) is 2.27. The average molecular weight is 508 g/mol. The Kier molecular flexibility index (Phi) is 9.20. The van der Waals surface area contributed by atoms with Crippen LogP contribution in [0.1, 0.15) is 57.6 Å². The number of ether oxygens (including phenoxy) is 1. The molecule has 1 atom stereocenters. The van der Waals surface area contributed by atoms with Crippen molar-refractivity contribution in [3.05, 3.63) is 29.3 Å². The molecular formula is C25H37N3O4S2. The number of aryl methyl sites for hydroxylation is 1. The van der Waals surface area contributed by atoms with Crippen molar-refractivity contribution >= 4 is 40.7 Å². The summed E-state index contributed by atoms with van der Waals surface area (Å²) in [6.45, 7) is 8.84. The maximum Gasteiger partial charge on any atom is 0.323 e. The minimum absolute atomic E-state index is 0.0207. The van der Waals surface area contributed by atoms with Crippen LogP contribution < -0.4 is 10.1 Å². The molecule has 2 aliphatic rings. The summed E-state index contributed by atoms with van der Waals surface area (Å²) in [7, 11) is 1.67. The lowest BCUT2D eigenvalue weighted by Gasteiger charge is -2.36. The SMILES string of the molecule is COc1ccc(CCN(C(=O)NC2=NCC(SC(C)(C)C(=O)O)S2)[C@H]2CC[C@H](C)CC2)cc1C. The van der Waals surface area contributed by atoms with E-state index in [4.69, 9.17) is 4.74 Å². The number of rotatable bonds is 8. The number of carbonyl (C=O) groups excluding carboxylic acids is 1. The molecule has 188 valence electrons. The molecular weight excluding hydrogens is 470 g/mol. The molecule has 0 spiro atoms. The number of carboxylic acids is 1. The maximum absolute atomic E-state index is 13.4. The van der Waals surface area contributed by atoms with E-state index in [0.29, 0.717) is 24.2 Å². The highest BCUT2D eigenvalue weighted by Gasteiger charge is 2.35. The van der Waals surface area contributed by atoms with Crippen molar-refractivity contribution in [1.82, 2.24) is 10.2 Å². The summed E-state index contributed by atoms with van der Waals surface area (Å²) in [4.78, 5) is 31.3. The number of nitrogens with one attached hydrogen (secondary N) is 1. The number of thioether (sulfide) groups is 2. The van der Waals surface area contributed by atoms with Gasteiger partial charge in [0.2, 0.25) is 0 Å². The molecule has 0 bridgehead atoms. The largest absolute Gasteiger partial charge is 0.496 e. The third-order valence-electron chi connectivity index (χ3n) is 6.57. The molecule has 1 aromatic carbocycles. The third-order valence-corrected chi connectivity index (χ3v) is 9.19. The standard InChI is InChI=1S/C25H37N3O4S2/c1-16-6-9-19(10-7-16)28(13-12-18-8-11-20(32-5)17(2)14-18)24(31)27-23-26-15-21(33-23)34-25(3,4)22(29)30/h8,11,14,16,19,21H,6-7,9-10,12-13,15H2,1-5H3,(H,29,30)(H,26,27,31)/t16-,19-,21?. The molecule has 0 saturated heterocycles. The van der Waals surface area contributed by atoms with Crippen LogP contribution >= 0.6 is 23.5 Å². The smallest absolute Gasteiger partial charge is 0.323 e. The number of carboxylic acid groups (broad SMARTS) is 1. The monoisotopic (exact) mass is 507 g/mol. The number of amidine groups is 1. The summed E-state index contributed by atoms with van der Waals surface area (Å²) < 4.78 is 4.46. The number of benzene rings is 1. The van der Waals surface area contributed by atoms with Crippen molar-refractivity contribution in [3.8, 4) is 5.75 Å². The highest BCUT2D eigenvalue weighted by atomic mass is 32.2. The quantitative estimate of drug-likeness (QED) is 0.505. The second-order valence-corrected chi connectivity index (χ2v) is 13.0. The van der Waals surface area contributed by atoms with E-state index in [-0.39, 0.29) is 16.7 Å². The first kappa shape index (κ1) is 26.7. The summed E-state index contributed by atoms with van der Waals surface area (Å²) in [5.74, 6) is 0.729. The first-order valence-electron chi connectivity index (χ1n) is 11.9. The Morgan fingerprint density at radius 3 is 2.62 bits per heavy atom. The summed E-state index contributed by atoms with van der Waals surface area (Å²) >= 11 is 2.82. The van der Waals surface area contributed by atoms with Gasteiger partial charge in [-0.15, -0.1) is 11.8 Å². The Morgan fingerprint density at radius 2 is 2.00 bits per heavy atom. The minimum Gasteiger partial charge on any atom is -0.496 e. The number of hydrogen-bond donors (Lipinski definition) is 2. The minimum atomic E-state index is -0.895. The van der Waals surface area contributed by atoms with E-state index in [1.54, 1.807) is 21.0 Å². The topological polar surface area (TPSA) is 91.2 Å². The Morgan fingerprint density at radius 1 is 1.29 bits per heavy atom. The zero-order valence-corrected chi connectivity index (χ0v) is 22.4. The lowest BCUT2D eigenvalue weighted by molar-refractivity contribution is -0.138. The van der Waals surface area contributed by atoms with Crippen LogP contribution in [-0.2, 0) is 11.2 Å². The van der Waals surface area contributed by atoms with E-state index in [1.807, 2.05) is 17.9 Å². The molecule has 2 amide bonds. The van der Waals surface area contributed by atoms with E-state index >= 15 is 0 Å². The molecule has 1 aromatic rings. The summed E-state index contributed by atoms with van der Waals surface area (Å²) in [6.07, 6.45) is 5.07. The molecule has 1 unspecified atom stereocenters. The number of aliphatic imine (C=N–C) groups is 1. The van der Waals surface area contributed by atoms with Gasteiger partial charge in [-0.3, -0.25) is 15.1 Å². The number of methoxy groups -OCH3 is 1. The van der Waals surface area contributed by atoms with Crippen molar-refractivity contribution in [3.63, 3.8) is 0 Å². The molecule has 0 radical (unpaired) electrons. The van der Waals surface area contributed by atoms with Gasteiger partial charge in [0.1, 0.15) is 10.5 Å². The highest BCUT2D eigenvalue weighted by molar-refractivity contribution is 8.25. The molecule has 1 saturated carbocycles. The molecule has 3 rings (SSSR count). The number of hydrogen-bond acceptors (Lipinski definition) is 6. The lowest BCUT2D eigenvalue weighted by atomic mass is 9.86. The highest BCUT2D eigenvalue weighted by Crippen LogP contribution is 2.38. The van der Waals surface area contributed by atoms with Gasteiger partial charge in [0, 0.05) is 12.6 Å². The first-order chi connectivity index (χ1) is 16.1. The van der Waals surface area contributed by atoms with Crippen molar-refractivity contribution in [1.29, 1.82) is 0 Å². The van der Waals surface area contributed by atoms with Gasteiger partial charge in [-0.05, 0) is 76.0 Å². The van der Waals surface area contributed by atoms with Gasteiger partial charge in [-0.2, -0.15) is 0 Å². The predicted octanol–water partition coefficient (Wildman–Crippen LogP) is 5.16. The zero-order chi connectivity index (χ0) is 24.9. The molecule has 1 heterocycles. The Balaban J connectivity index is 1.63. The van der Waals surface area contributed by atoms with Gasteiger partial charge in [-0.1, -0.05) is 30.8 Å². The van der Waals surface area contributed by atoms with Gasteiger partial charge in [0.25, 0.3) is 0 Å². The van der Waals surface area contributed by atoms with Crippen LogP contribution in [0.4, 0.5) is 4.79 Å². The molecule has 1 aliphatic heterocycles. The number of carbonyl (C=O) groups is 2. The predicted molar refractivity (Wildman–Crippen MR) is 141 cm³/mol. The van der Waals surface area contributed by atoms with E-state index < -0.39 is 10.7 Å². The zero-order valence-electron chi connectivity index (χ0n) is 20.8. The molecule has 1 fully saturated rings. The summed E-state index contributed by atoms with van der Waals surface area (Å²) in [5, 5.41) is 13.0. The fourth-order valence-electron chi connectivity index (χ4n) is 4.38. The normalized spacial score (nSPS) is 22.7. The molecule has 0 aromatic heterocycles. The second-order valence-electron chi connectivity index (χ2n) is 9.72. The van der Waals surface area contributed by atoms with Crippen molar-refractivity contribution in [2.75, 3.05) is 20.2 Å². The molecule has 7 nitrogen and oxygen atoms in total. The van der Waals surface area contributed by atoms with Gasteiger partial charge in [-0.25, -0.2) is 4.79 Å². The van der Waals surface area contributed by atoms with Crippen LogP contribution in [0.15, 0.2) is 23.2 Å². The van der Waals surface area contributed by atoms with Crippen molar-refractivity contribution in [2.45, 2.75) is 75.2 Å². The van der Waals surface area contributed by atoms with Gasteiger partial charge >= 0.3 is 12.0 Å².